The van der Waals surface area contributed by atoms with Crippen LogP contribution in [0.15, 0.2) is 43.0 Å². The van der Waals surface area contributed by atoms with Crippen LogP contribution < -0.4 is 0 Å². The van der Waals surface area contributed by atoms with E-state index < -0.39 is 30.9 Å². The Morgan fingerprint density at radius 2 is 1.38 bits per heavy atom. The second kappa shape index (κ2) is 9.58. The van der Waals surface area contributed by atoms with Crippen molar-refractivity contribution in [2.45, 2.75) is 19.0 Å². The van der Waals surface area contributed by atoms with Crippen LogP contribution in [-0.2, 0) is 25.7 Å². The zero-order valence-corrected chi connectivity index (χ0v) is 12.0. The van der Waals surface area contributed by atoms with Gasteiger partial charge in [-0.3, -0.25) is 0 Å². The second-order valence-corrected chi connectivity index (χ2v) is 3.94. The molecule has 0 bridgehead atoms. The summed E-state index contributed by atoms with van der Waals surface area (Å²) in [7, 11) is 0. The molecule has 1 aromatic carbocycles. The van der Waals surface area contributed by atoms with E-state index in [0.717, 1.165) is 6.08 Å². The lowest BCUT2D eigenvalue weighted by molar-refractivity contribution is -0.201. The lowest BCUT2D eigenvalue weighted by Crippen LogP contribution is -2.25. The first kappa shape index (κ1) is 21.5. The van der Waals surface area contributed by atoms with Crippen LogP contribution in [0.5, 0.6) is 0 Å². The van der Waals surface area contributed by atoms with Crippen LogP contribution in [0.2, 0.25) is 0 Å². The molecule has 1 aromatic rings. The molecule has 134 valence electrons. The van der Waals surface area contributed by atoms with Gasteiger partial charge in [0.2, 0.25) is 0 Å². The maximum absolute atomic E-state index is 11.7. The third kappa shape index (κ3) is 9.49. The molecular formula is C14H12F6O4. The first-order valence-corrected chi connectivity index (χ1v) is 6.11. The highest BCUT2D eigenvalue weighted by molar-refractivity contribution is 5.75. The summed E-state index contributed by atoms with van der Waals surface area (Å²) in [5.74, 6) is -4.35. The van der Waals surface area contributed by atoms with Gasteiger partial charge in [0.15, 0.2) is 0 Å². The lowest BCUT2D eigenvalue weighted by Gasteiger charge is -2.06. The number of carbonyl (C=O) groups is 2. The van der Waals surface area contributed by atoms with E-state index in [1.807, 2.05) is 0 Å². The Balaban J connectivity index is 0.000000470. The van der Waals surface area contributed by atoms with Crippen LogP contribution in [0, 0.1) is 0 Å². The molecule has 4 nitrogen and oxygen atoms in total. The van der Waals surface area contributed by atoms with E-state index in [1.54, 1.807) is 30.3 Å². The van der Waals surface area contributed by atoms with E-state index in [1.165, 1.54) is 0 Å². The van der Waals surface area contributed by atoms with Crippen molar-refractivity contribution < 1.29 is 45.4 Å². The van der Waals surface area contributed by atoms with E-state index in [9.17, 15) is 35.9 Å². The summed E-state index contributed by atoms with van der Waals surface area (Å²) in [6.45, 7) is 2.29. The van der Waals surface area contributed by atoms with Crippen molar-refractivity contribution in [1.29, 1.82) is 0 Å². The number of benzene rings is 1. The summed E-state index contributed by atoms with van der Waals surface area (Å²) in [5.41, 5.74) is 0.519. The molecule has 0 aliphatic rings. The summed E-state index contributed by atoms with van der Waals surface area (Å²) in [5, 5.41) is 0. The van der Waals surface area contributed by atoms with Gasteiger partial charge in [0, 0.05) is 0 Å². The number of hydrogen-bond acceptors (Lipinski definition) is 4. The van der Waals surface area contributed by atoms with Gasteiger partial charge in [0.25, 0.3) is 0 Å². The van der Waals surface area contributed by atoms with Crippen molar-refractivity contribution in [1.82, 2.24) is 0 Å². The molecule has 24 heavy (non-hydrogen) atoms. The maximum atomic E-state index is 11.7. The molecule has 0 radical (unpaired) electrons. The predicted octanol–water partition coefficient (Wildman–Crippen LogP) is 3.57. The van der Waals surface area contributed by atoms with Crippen LogP contribution in [0.1, 0.15) is 5.56 Å². The van der Waals surface area contributed by atoms with Crippen molar-refractivity contribution in [2.24, 2.45) is 0 Å². The van der Waals surface area contributed by atoms with Gasteiger partial charge in [0.1, 0.15) is 13.2 Å². The molecule has 0 N–H and O–H groups in total. The van der Waals surface area contributed by atoms with Gasteiger partial charge in [-0.15, -0.1) is 0 Å². The molecule has 0 heterocycles. The molecule has 0 amide bonds. The van der Waals surface area contributed by atoms with Crippen LogP contribution in [-0.4, -0.2) is 30.9 Å². The molecule has 0 aliphatic carbocycles. The lowest BCUT2D eigenvalue weighted by atomic mass is 10.2. The van der Waals surface area contributed by atoms with Crippen LogP contribution >= 0.6 is 0 Å². The van der Waals surface area contributed by atoms with Gasteiger partial charge < -0.3 is 9.47 Å². The summed E-state index contributed by atoms with van der Waals surface area (Å²) in [6, 6.07) is 8.16. The SMILES string of the molecule is C=CCOC(=O)C(F)(F)F.O=C(OCc1ccccc1)C(F)(F)F. The number of carbonyl (C=O) groups excluding carboxylic acids is 2. The topological polar surface area (TPSA) is 52.6 Å². The van der Waals surface area contributed by atoms with Crippen LogP contribution in [0.4, 0.5) is 26.3 Å². The average Bonchev–Trinajstić information content (AvgIpc) is 2.50. The molecule has 0 atom stereocenters. The van der Waals surface area contributed by atoms with E-state index in [2.05, 4.69) is 16.1 Å². The van der Waals surface area contributed by atoms with Crippen LogP contribution in [0.3, 0.4) is 0 Å². The van der Waals surface area contributed by atoms with E-state index in [4.69, 9.17) is 0 Å². The third-order valence-electron chi connectivity index (χ3n) is 2.01. The molecule has 0 saturated carbocycles. The minimum absolute atomic E-state index is 0.362. The quantitative estimate of drug-likeness (QED) is 0.469. The normalized spacial score (nSPS) is 10.9. The Bertz CT molecular complexity index is 536. The summed E-state index contributed by atoms with van der Waals surface area (Å²) in [4.78, 5) is 20.1. The largest absolute Gasteiger partial charge is 0.490 e. The van der Waals surface area contributed by atoms with Crippen LogP contribution in [0.25, 0.3) is 0 Å². The number of rotatable bonds is 4. The highest BCUT2D eigenvalue weighted by Crippen LogP contribution is 2.17. The fourth-order valence-electron chi connectivity index (χ4n) is 1.02. The maximum Gasteiger partial charge on any atom is 0.490 e. The Kier molecular flexibility index (Phi) is 8.58. The Labute approximate surface area is 132 Å². The average molecular weight is 358 g/mol. The summed E-state index contributed by atoms with van der Waals surface area (Å²) in [6.07, 6.45) is -8.76. The standard InChI is InChI=1S/C9H7F3O2.C5H5F3O2/c10-9(11,12)8(13)14-6-7-4-2-1-3-5-7;1-2-3-10-4(9)5(6,7)8/h1-5H,6H2;2H,1,3H2. The first-order chi connectivity index (χ1) is 11.0. The Morgan fingerprint density at radius 1 is 0.917 bits per heavy atom. The number of hydrogen-bond donors (Lipinski definition) is 0. The van der Waals surface area contributed by atoms with Crippen molar-refractivity contribution in [2.75, 3.05) is 6.61 Å². The number of alkyl halides is 6. The molecule has 0 aromatic heterocycles. The molecule has 0 fully saturated rings. The summed E-state index contributed by atoms with van der Waals surface area (Å²) >= 11 is 0. The van der Waals surface area contributed by atoms with E-state index in [-0.39, 0.29) is 6.61 Å². The zero-order chi connectivity index (χ0) is 18.8. The Morgan fingerprint density at radius 3 is 1.79 bits per heavy atom. The number of halogens is 6. The van der Waals surface area contributed by atoms with Crippen molar-refractivity contribution in [3.63, 3.8) is 0 Å². The fourth-order valence-corrected chi connectivity index (χ4v) is 1.02. The van der Waals surface area contributed by atoms with Crippen molar-refractivity contribution in [3.05, 3.63) is 48.6 Å². The molecular weight excluding hydrogens is 346 g/mol. The predicted molar refractivity (Wildman–Crippen MR) is 69.5 cm³/mol. The summed E-state index contributed by atoms with van der Waals surface area (Å²) < 4.78 is 76.5. The van der Waals surface area contributed by atoms with Crippen molar-refractivity contribution in [3.8, 4) is 0 Å². The molecule has 0 spiro atoms. The van der Waals surface area contributed by atoms with Gasteiger partial charge in [-0.05, 0) is 5.56 Å². The smallest absolute Gasteiger partial charge is 0.455 e. The van der Waals surface area contributed by atoms with E-state index >= 15 is 0 Å². The van der Waals surface area contributed by atoms with E-state index in [0.29, 0.717) is 5.56 Å². The third-order valence-corrected chi connectivity index (χ3v) is 2.01. The number of ether oxygens (including phenoxy) is 2. The van der Waals surface area contributed by atoms with Gasteiger partial charge in [-0.2, -0.15) is 26.3 Å². The Hall–Kier alpha value is -2.52. The fraction of sp³-hybridized carbons (Fsp3) is 0.286. The molecule has 0 unspecified atom stereocenters. The molecule has 10 heteroatoms. The highest BCUT2D eigenvalue weighted by atomic mass is 19.4. The first-order valence-electron chi connectivity index (χ1n) is 6.11. The second-order valence-electron chi connectivity index (χ2n) is 3.94. The highest BCUT2D eigenvalue weighted by Gasteiger charge is 2.41. The van der Waals surface area contributed by atoms with Gasteiger partial charge in [0.05, 0.1) is 0 Å². The molecule has 0 saturated heterocycles. The van der Waals surface area contributed by atoms with Gasteiger partial charge in [-0.25, -0.2) is 9.59 Å². The zero-order valence-electron chi connectivity index (χ0n) is 12.0. The monoisotopic (exact) mass is 358 g/mol. The van der Waals surface area contributed by atoms with Crippen molar-refractivity contribution >= 4 is 11.9 Å². The van der Waals surface area contributed by atoms with Gasteiger partial charge in [-0.1, -0.05) is 43.0 Å². The number of esters is 2. The molecule has 1 rings (SSSR count). The minimum atomic E-state index is -4.92. The molecule has 0 aliphatic heterocycles. The minimum Gasteiger partial charge on any atom is -0.455 e. The van der Waals surface area contributed by atoms with Gasteiger partial charge >= 0.3 is 24.3 Å².